The fourth-order valence-corrected chi connectivity index (χ4v) is 3.51. The average molecular weight is 425 g/mol. The molecule has 0 fully saturated rings. The first-order valence-electron chi connectivity index (χ1n) is 8.20. The van der Waals surface area contributed by atoms with Crippen molar-refractivity contribution in [1.29, 1.82) is 0 Å². The van der Waals surface area contributed by atoms with Crippen molar-refractivity contribution in [2.24, 2.45) is 10.9 Å². The Labute approximate surface area is 169 Å². The van der Waals surface area contributed by atoms with E-state index in [4.69, 9.17) is 22.2 Å². The molecule has 0 radical (unpaired) electrons. The zero-order valence-corrected chi connectivity index (χ0v) is 17.0. The lowest BCUT2D eigenvalue weighted by atomic mass is 10.2. The molecule has 0 aliphatic carbocycles. The number of nitrogens with two attached hydrogens (primary N) is 1. The maximum atomic E-state index is 12.4. The molecule has 2 aromatic carbocycles. The normalized spacial score (nSPS) is 12.1. The van der Waals surface area contributed by atoms with Gasteiger partial charge in [0.05, 0.1) is 4.90 Å². The third kappa shape index (κ3) is 5.69. The molecule has 8 nitrogen and oxygen atoms in total. The van der Waals surface area contributed by atoms with E-state index in [-0.39, 0.29) is 23.9 Å². The summed E-state index contributed by atoms with van der Waals surface area (Å²) in [6, 6.07) is 13.2. The van der Waals surface area contributed by atoms with Crippen LogP contribution in [0.1, 0.15) is 11.1 Å². The highest BCUT2D eigenvalue weighted by Crippen LogP contribution is 2.18. The highest BCUT2D eigenvalue weighted by atomic mass is 35.5. The molecule has 0 aliphatic rings. The van der Waals surface area contributed by atoms with Crippen molar-refractivity contribution >= 4 is 33.4 Å². The van der Waals surface area contributed by atoms with Crippen molar-refractivity contribution < 1.29 is 18.0 Å². The highest BCUT2D eigenvalue weighted by molar-refractivity contribution is 7.89. The van der Waals surface area contributed by atoms with Crippen molar-refractivity contribution in [2.45, 2.75) is 11.4 Å². The Morgan fingerprint density at radius 1 is 1.21 bits per heavy atom. The van der Waals surface area contributed by atoms with E-state index in [2.05, 4.69) is 10.5 Å². The van der Waals surface area contributed by atoms with Crippen LogP contribution in [-0.4, -0.2) is 45.2 Å². The van der Waals surface area contributed by atoms with E-state index in [9.17, 15) is 13.2 Å². The number of sulfonamides is 1. The SMILES string of the molecule is CN(C)S(=O)(=O)c1ccccc1CNC(=O)CO/N=C(/N)c1cccc(Cl)c1. The van der Waals surface area contributed by atoms with Crippen LogP contribution in [0.15, 0.2) is 58.6 Å². The Morgan fingerprint density at radius 2 is 1.93 bits per heavy atom. The molecule has 2 rings (SSSR count). The summed E-state index contributed by atoms with van der Waals surface area (Å²) in [6.07, 6.45) is 0. The van der Waals surface area contributed by atoms with Crippen molar-refractivity contribution in [3.63, 3.8) is 0 Å². The van der Waals surface area contributed by atoms with Gasteiger partial charge in [0.15, 0.2) is 12.4 Å². The van der Waals surface area contributed by atoms with E-state index < -0.39 is 15.9 Å². The Hall–Kier alpha value is -2.62. The Kier molecular flexibility index (Phi) is 7.38. The van der Waals surface area contributed by atoms with E-state index in [0.29, 0.717) is 16.1 Å². The lowest BCUT2D eigenvalue weighted by Gasteiger charge is -2.15. The van der Waals surface area contributed by atoms with Crippen LogP contribution in [0.4, 0.5) is 0 Å². The molecule has 0 atom stereocenters. The zero-order valence-electron chi connectivity index (χ0n) is 15.4. The van der Waals surface area contributed by atoms with Crippen molar-refractivity contribution in [2.75, 3.05) is 20.7 Å². The van der Waals surface area contributed by atoms with Gasteiger partial charge in [-0.1, -0.05) is 47.1 Å². The summed E-state index contributed by atoms with van der Waals surface area (Å²) >= 11 is 5.88. The molecule has 0 saturated carbocycles. The molecular formula is C18H21ClN4O4S. The van der Waals surface area contributed by atoms with Gasteiger partial charge in [-0.25, -0.2) is 12.7 Å². The molecule has 0 aliphatic heterocycles. The van der Waals surface area contributed by atoms with E-state index in [1.807, 2.05) is 0 Å². The topological polar surface area (TPSA) is 114 Å². The number of nitrogens with zero attached hydrogens (tertiary/aromatic N) is 2. The Balaban J connectivity index is 1.94. The molecule has 150 valence electrons. The maximum absolute atomic E-state index is 12.4. The van der Waals surface area contributed by atoms with Crippen LogP contribution >= 0.6 is 11.6 Å². The van der Waals surface area contributed by atoms with Crippen LogP contribution in [0, 0.1) is 0 Å². The summed E-state index contributed by atoms with van der Waals surface area (Å²) in [5, 5.41) is 6.78. The lowest BCUT2D eigenvalue weighted by Crippen LogP contribution is -2.29. The number of nitrogens with one attached hydrogen (secondary N) is 1. The number of oxime groups is 1. The molecule has 2 aromatic rings. The molecule has 3 N–H and O–H groups in total. The van der Waals surface area contributed by atoms with Crippen molar-refractivity contribution in [3.8, 4) is 0 Å². The van der Waals surface area contributed by atoms with Gasteiger partial charge in [0.1, 0.15) is 0 Å². The summed E-state index contributed by atoms with van der Waals surface area (Å²) < 4.78 is 25.8. The fraction of sp³-hybridized carbons (Fsp3) is 0.222. The first kappa shape index (κ1) is 21.7. The Morgan fingerprint density at radius 3 is 2.61 bits per heavy atom. The molecule has 1 amide bonds. The van der Waals surface area contributed by atoms with E-state index in [1.54, 1.807) is 42.5 Å². The Bertz CT molecular complexity index is 977. The number of amides is 1. The van der Waals surface area contributed by atoms with Gasteiger partial charge in [-0.2, -0.15) is 0 Å². The minimum absolute atomic E-state index is 0.0267. The van der Waals surface area contributed by atoms with Gasteiger partial charge in [0.2, 0.25) is 10.0 Å². The van der Waals surface area contributed by atoms with Gasteiger partial charge >= 0.3 is 0 Å². The van der Waals surface area contributed by atoms with E-state index in [1.165, 1.54) is 20.2 Å². The van der Waals surface area contributed by atoms with Crippen molar-refractivity contribution in [3.05, 3.63) is 64.7 Å². The quantitative estimate of drug-likeness (QED) is 0.379. The molecule has 0 saturated heterocycles. The molecule has 0 heterocycles. The third-order valence-electron chi connectivity index (χ3n) is 3.69. The fourth-order valence-electron chi connectivity index (χ4n) is 2.20. The molecule has 28 heavy (non-hydrogen) atoms. The molecule has 0 aromatic heterocycles. The van der Waals surface area contributed by atoms with E-state index >= 15 is 0 Å². The first-order chi connectivity index (χ1) is 13.2. The second kappa shape index (κ2) is 9.54. The largest absolute Gasteiger partial charge is 0.384 e. The number of halogens is 1. The van der Waals surface area contributed by atoms with Crippen LogP contribution in [0.3, 0.4) is 0 Å². The minimum atomic E-state index is -3.62. The molecule has 0 spiro atoms. The minimum Gasteiger partial charge on any atom is -0.384 e. The van der Waals surface area contributed by atoms with Gasteiger partial charge in [0, 0.05) is 31.2 Å². The summed E-state index contributed by atoms with van der Waals surface area (Å²) in [5.41, 5.74) is 6.80. The molecule has 0 bridgehead atoms. The predicted molar refractivity (Wildman–Crippen MR) is 107 cm³/mol. The van der Waals surface area contributed by atoms with Crippen LogP contribution in [0.25, 0.3) is 0 Å². The number of carbonyl (C=O) groups excluding carboxylic acids is 1. The monoisotopic (exact) mass is 424 g/mol. The van der Waals surface area contributed by atoms with Crippen LogP contribution in [0.2, 0.25) is 5.02 Å². The van der Waals surface area contributed by atoms with Gasteiger partial charge in [-0.3, -0.25) is 4.79 Å². The number of carbonyl (C=O) groups is 1. The van der Waals surface area contributed by atoms with Crippen LogP contribution in [0.5, 0.6) is 0 Å². The van der Waals surface area contributed by atoms with Gasteiger partial charge in [-0.05, 0) is 23.8 Å². The predicted octanol–water partition coefficient (Wildman–Crippen LogP) is 1.54. The van der Waals surface area contributed by atoms with E-state index in [0.717, 1.165) is 4.31 Å². The highest BCUT2D eigenvalue weighted by Gasteiger charge is 2.20. The zero-order chi connectivity index (χ0) is 20.7. The second-order valence-electron chi connectivity index (χ2n) is 5.93. The molecule has 10 heteroatoms. The number of rotatable bonds is 8. The summed E-state index contributed by atoms with van der Waals surface area (Å²) in [7, 11) is -0.726. The summed E-state index contributed by atoms with van der Waals surface area (Å²) in [4.78, 5) is 17.0. The summed E-state index contributed by atoms with van der Waals surface area (Å²) in [5.74, 6) is -0.391. The van der Waals surface area contributed by atoms with Gasteiger partial charge in [-0.15, -0.1) is 0 Å². The van der Waals surface area contributed by atoms with Crippen molar-refractivity contribution in [1.82, 2.24) is 9.62 Å². The van der Waals surface area contributed by atoms with Crippen LogP contribution in [-0.2, 0) is 26.2 Å². The standard InChI is InChI=1S/C18H21ClN4O4S/c1-23(2)28(25,26)16-9-4-3-6-14(16)11-21-17(24)12-27-22-18(20)13-7-5-8-15(19)10-13/h3-10H,11-12H2,1-2H3,(H2,20,22)(H,21,24). The van der Waals surface area contributed by atoms with Gasteiger partial charge in [0.25, 0.3) is 5.91 Å². The third-order valence-corrected chi connectivity index (χ3v) is 5.84. The second-order valence-corrected chi connectivity index (χ2v) is 8.49. The number of hydrogen-bond acceptors (Lipinski definition) is 5. The average Bonchev–Trinajstić information content (AvgIpc) is 2.66. The number of benzene rings is 2. The first-order valence-corrected chi connectivity index (χ1v) is 10.0. The molecular weight excluding hydrogens is 404 g/mol. The smallest absolute Gasteiger partial charge is 0.261 e. The van der Waals surface area contributed by atoms with Crippen LogP contribution < -0.4 is 11.1 Å². The van der Waals surface area contributed by atoms with Gasteiger partial charge < -0.3 is 15.9 Å². The summed E-state index contributed by atoms with van der Waals surface area (Å²) in [6.45, 7) is -0.344. The number of amidine groups is 1. The number of hydrogen-bond donors (Lipinski definition) is 2. The maximum Gasteiger partial charge on any atom is 0.261 e. The molecule has 0 unspecified atom stereocenters. The lowest BCUT2D eigenvalue weighted by molar-refractivity contribution is -0.125.